The van der Waals surface area contributed by atoms with Crippen molar-refractivity contribution in [3.8, 4) is 0 Å². The monoisotopic (exact) mass is 352 g/mol. The third-order valence-corrected chi connectivity index (χ3v) is 9.07. The predicted octanol–water partition coefficient (Wildman–Crippen LogP) is 2.25. The molecule has 0 amide bonds. The molecule has 4 nitrogen and oxygen atoms in total. The Kier molecular flexibility index (Phi) is 9.57. The van der Waals surface area contributed by atoms with Crippen LogP contribution in [0.2, 0.25) is 0 Å². The first-order valence-corrected chi connectivity index (χ1v) is 12.1. The van der Waals surface area contributed by atoms with Gasteiger partial charge in [0.1, 0.15) is 0 Å². The maximum absolute atomic E-state index is 3.64. The molecule has 2 rings (SSSR count). The number of hydrogen-bond acceptors (Lipinski definition) is 4. The van der Waals surface area contributed by atoms with Crippen LogP contribution < -0.4 is 10.6 Å². The van der Waals surface area contributed by atoms with Gasteiger partial charge in [-0.2, -0.15) is 0 Å². The molecule has 2 aliphatic heterocycles. The lowest BCUT2D eigenvalue weighted by Crippen LogP contribution is -2.67. The Morgan fingerprint density at radius 1 is 0.917 bits per heavy atom. The van der Waals surface area contributed by atoms with E-state index < -0.39 is 9.12 Å². The molecule has 140 valence electrons. The second-order valence-corrected chi connectivity index (χ2v) is 9.95. The van der Waals surface area contributed by atoms with Gasteiger partial charge in [-0.05, 0) is 19.8 Å². The van der Waals surface area contributed by atoms with Crippen LogP contribution in [-0.4, -0.2) is 69.6 Å². The first-order valence-electron chi connectivity index (χ1n) is 10.4. The highest BCUT2D eigenvalue weighted by molar-refractivity contribution is 6.58. The lowest BCUT2D eigenvalue weighted by atomic mass is 10.1. The molecule has 0 aromatic rings. The summed E-state index contributed by atoms with van der Waals surface area (Å²) < 4.78 is 5.85. The zero-order chi connectivity index (χ0) is 17.2. The molecule has 0 spiro atoms. The van der Waals surface area contributed by atoms with Crippen molar-refractivity contribution >= 4 is 9.12 Å². The number of hydrogen-bond donors (Lipinski definition) is 2. The summed E-state index contributed by atoms with van der Waals surface area (Å²) in [5, 5.41) is 7.29. The van der Waals surface area contributed by atoms with Gasteiger partial charge in [0.05, 0.1) is 0 Å². The number of allylic oxidation sites excluding steroid dienone is 1. The molecule has 0 bridgehead atoms. The van der Waals surface area contributed by atoms with Gasteiger partial charge in [-0.3, -0.25) is 0 Å². The molecule has 2 saturated heterocycles. The van der Waals surface area contributed by atoms with E-state index in [1.165, 1.54) is 64.7 Å². The van der Waals surface area contributed by atoms with E-state index in [0.717, 1.165) is 25.2 Å². The average Bonchev–Trinajstić information content (AvgIpc) is 2.63. The Morgan fingerprint density at radius 3 is 1.83 bits per heavy atom. The fourth-order valence-corrected chi connectivity index (χ4v) is 7.58. The van der Waals surface area contributed by atoms with Gasteiger partial charge in [0.2, 0.25) is 9.12 Å². The van der Waals surface area contributed by atoms with Gasteiger partial charge >= 0.3 is 0 Å². The molecule has 0 aromatic carbocycles. The van der Waals surface area contributed by atoms with Crippen molar-refractivity contribution in [3.63, 3.8) is 0 Å². The zero-order valence-electron chi connectivity index (χ0n) is 16.3. The topological polar surface area (TPSA) is 30.5 Å². The van der Waals surface area contributed by atoms with Gasteiger partial charge in [0.25, 0.3) is 0 Å². The highest BCUT2D eigenvalue weighted by atomic mass is 28.3. The molecular formula is C19H40N4Si. The van der Waals surface area contributed by atoms with Crippen molar-refractivity contribution in [2.45, 2.75) is 71.4 Å². The molecular weight excluding hydrogens is 312 g/mol. The van der Waals surface area contributed by atoms with Gasteiger partial charge < -0.3 is 19.8 Å². The first kappa shape index (κ1) is 20.1. The molecule has 0 aliphatic carbocycles. The van der Waals surface area contributed by atoms with Crippen LogP contribution in [0.1, 0.15) is 59.3 Å². The minimum Gasteiger partial charge on any atom is -0.314 e. The standard InChI is InChI=1S/C19H40N4Si/c1-4-7-9-18-16-20-11-13-22(18)24(15-6-3)23-14-12-21-17-19(23)10-8-5-2/h6,15,18-21,24H,4-5,7-14,16-17H2,1-3H3. The van der Waals surface area contributed by atoms with Crippen LogP contribution in [0.4, 0.5) is 0 Å². The van der Waals surface area contributed by atoms with E-state index in [2.05, 4.69) is 52.3 Å². The highest BCUT2D eigenvalue weighted by Gasteiger charge is 2.36. The van der Waals surface area contributed by atoms with Crippen molar-refractivity contribution < 1.29 is 0 Å². The molecule has 2 atom stereocenters. The molecule has 2 unspecified atom stereocenters. The highest BCUT2D eigenvalue weighted by Crippen LogP contribution is 2.20. The number of nitrogens with one attached hydrogen (secondary N) is 2. The third kappa shape index (κ3) is 5.66. The Balaban J connectivity index is 2.11. The van der Waals surface area contributed by atoms with Crippen LogP contribution in [0.15, 0.2) is 11.8 Å². The van der Waals surface area contributed by atoms with Crippen LogP contribution in [0.25, 0.3) is 0 Å². The smallest absolute Gasteiger partial charge is 0.215 e. The Bertz CT molecular complexity index is 335. The molecule has 0 aromatic heterocycles. The Hall–Kier alpha value is -0.203. The minimum absolute atomic E-state index is 0.744. The SMILES string of the molecule is CC=C[SiH](N1CCNCC1CCCC)N1CCNCC1CCCC. The summed E-state index contributed by atoms with van der Waals surface area (Å²) in [6.07, 6.45) is 10.4. The lowest BCUT2D eigenvalue weighted by molar-refractivity contribution is 0.191. The van der Waals surface area contributed by atoms with Crippen LogP contribution in [-0.2, 0) is 0 Å². The fraction of sp³-hybridized carbons (Fsp3) is 0.895. The number of rotatable bonds is 9. The molecule has 2 fully saturated rings. The summed E-state index contributed by atoms with van der Waals surface area (Å²) in [7, 11) is -1.19. The second kappa shape index (κ2) is 11.4. The first-order chi connectivity index (χ1) is 11.8. The van der Waals surface area contributed by atoms with Crippen LogP contribution in [0.5, 0.6) is 0 Å². The predicted molar refractivity (Wildman–Crippen MR) is 108 cm³/mol. The van der Waals surface area contributed by atoms with E-state index in [1.807, 2.05) is 0 Å². The second-order valence-electron chi connectivity index (χ2n) is 7.42. The fourth-order valence-electron chi connectivity index (χ4n) is 4.25. The molecule has 0 radical (unpaired) electrons. The maximum Gasteiger partial charge on any atom is 0.215 e. The lowest BCUT2D eigenvalue weighted by Gasteiger charge is -2.48. The van der Waals surface area contributed by atoms with Gasteiger partial charge in [0, 0.05) is 51.4 Å². The molecule has 24 heavy (non-hydrogen) atoms. The van der Waals surface area contributed by atoms with E-state index in [4.69, 9.17) is 0 Å². The van der Waals surface area contributed by atoms with Gasteiger partial charge in [-0.1, -0.05) is 51.3 Å². The normalized spacial score (nSPS) is 28.5. The molecule has 2 aliphatic rings. The van der Waals surface area contributed by atoms with Crippen molar-refractivity contribution in [2.24, 2.45) is 0 Å². The largest absolute Gasteiger partial charge is 0.314 e. The van der Waals surface area contributed by atoms with Gasteiger partial charge in [-0.25, -0.2) is 0 Å². The zero-order valence-corrected chi connectivity index (χ0v) is 17.4. The number of unbranched alkanes of at least 4 members (excludes halogenated alkanes) is 2. The number of nitrogens with zero attached hydrogens (tertiary/aromatic N) is 2. The van der Waals surface area contributed by atoms with Crippen molar-refractivity contribution in [1.29, 1.82) is 0 Å². The van der Waals surface area contributed by atoms with Crippen molar-refractivity contribution in [3.05, 3.63) is 11.8 Å². The van der Waals surface area contributed by atoms with E-state index >= 15 is 0 Å². The van der Waals surface area contributed by atoms with Crippen LogP contribution in [0, 0.1) is 0 Å². The molecule has 0 saturated carbocycles. The van der Waals surface area contributed by atoms with E-state index in [-0.39, 0.29) is 0 Å². The molecule has 5 heteroatoms. The van der Waals surface area contributed by atoms with Gasteiger partial charge in [-0.15, -0.1) is 0 Å². The van der Waals surface area contributed by atoms with Crippen molar-refractivity contribution in [2.75, 3.05) is 39.3 Å². The van der Waals surface area contributed by atoms with E-state index in [0.29, 0.717) is 0 Å². The Morgan fingerprint density at radius 2 is 1.42 bits per heavy atom. The summed E-state index contributed by atoms with van der Waals surface area (Å²) >= 11 is 0. The maximum atomic E-state index is 3.64. The minimum atomic E-state index is -1.19. The molecule has 2 heterocycles. The van der Waals surface area contributed by atoms with Crippen LogP contribution >= 0.6 is 0 Å². The van der Waals surface area contributed by atoms with E-state index in [1.54, 1.807) is 0 Å². The quantitative estimate of drug-likeness (QED) is 0.623. The summed E-state index contributed by atoms with van der Waals surface area (Å²) in [5.41, 5.74) is 2.59. The summed E-state index contributed by atoms with van der Waals surface area (Å²) in [6.45, 7) is 14.0. The van der Waals surface area contributed by atoms with E-state index in [9.17, 15) is 0 Å². The van der Waals surface area contributed by atoms with Crippen LogP contribution in [0.3, 0.4) is 0 Å². The average molecular weight is 353 g/mol. The van der Waals surface area contributed by atoms with Crippen molar-refractivity contribution in [1.82, 2.24) is 19.8 Å². The summed E-state index contributed by atoms with van der Waals surface area (Å²) in [6, 6.07) is 1.49. The third-order valence-electron chi connectivity index (χ3n) is 5.62. The van der Waals surface area contributed by atoms with Gasteiger partial charge in [0.15, 0.2) is 0 Å². The number of piperazine rings is 2. The Labute approximate surface area is 151 Å². The summed E-state index contributed by atoms with van der Waals surface area (Å²) in [5.74, 6) is 0. The molecule has 2 N–H and O–H groups in total. The summed E-state index contributed by atoms with van der Waals surface area (Å²) in [4.78, 5) is 0.